The number of hydrogen-bond donors (Lipinski definition) is 0. The zero-order valence-corrected chi connectivity index (χ0v) is 11.1. The largest absolute Gasteiger partial charge is 0.261 e. The lowest BCUT2D eigenvalue weighted by Crippen LogP contribution is -2.13. The van der Waals surface area contributed by atoms with Gasteiger partial charge in [0.1, 0.15) is 0 Å². The monoisotopic (exact) mass is 237 g/mol. The lowest BCUT2D eigenvalue weighted by Gasteiger charge is -2.25. The van der Waals surface area contributed by atoms with Crippen molar-refractivity contribution in [3.05, 3.63) is 64.5 Å². The summed E-state index contributed by atoms with van der Waals surface area (Å²) in [7, 11) is 0. The molecular weight excluding hydrogens is 218 g/mol. The summed E-state index contributed by atoms with van der Waals surface area (Å²) in [5.74, 6) is 0.646. The SMILES string of the molecule is Cc1ccc2c(c1)CC(c1ccc(C)nc1)CC2. The van der Waals surface area contributed by atoms with Crippen LogP contribution in [-0.2, 0) is 12.8 Å². The molecule has 0 amide bonds. The van der Waals surface area contributed by atoms with Crippen molar-refractivity contribution in [1.82, 2.24) is 4.98 Å². The van der Waals surface area contributed by atoms with Crippen LogP contribution in [0.1, 0.15) is 40.3 Å². The number of hydrogen-bond acceptors (Lipinski definition) is 1. The zero-order chi connectivity index (χ0) is 12.5. The van der Waals surface area contributed by atoms with E-state index in [2.05, 4.69) is 48.4 Å². The van der Waals surface area contributed by atoms with E-state index in [1.807, 2.05) is 6.92 Å². The van der Waals surface area contributed by atoms with Crippen molar-refractivity contribution in [2.75, 3.05) is 0 Å². The molecule has 1 aromatic heterocycles. The van der Waals surface area contributed by atoms with Crippen molar-refractivity contribution in [2.24, 2.45) is 0 Å². The third-order valence-electron chi connectivity index (χ3n) is 4.00. The topological polar surface area (TPSA) is 12.9 Å². The van der Waals surface area contributed by atoms with Crippen LogP contribution in [0.2, 0.25) is 0 Å². The zero-order valence-electron chi connectivity index (χ0n) is 11.1. The Morgan fingerprint density at radius 2 is 1.94 bits per heavy atom. The fourth-order valence-corrected chi connectivity index (χ4v) is 2.89. The average molecular weight is 237 g/mol. The Morgan fingerprint density at radius 1 is 1.06 bits per heavy atom. The van der Waals surface area contributed by atoms with Gasteiger partial charge in [-0.15, -0.1) is 0 Å². The van der Waals surface area contributed by atoms with Gasteiger partial charge in [-0.25, -0.2) is 0 Å². The minimum Gasteiger partial charge on any atom is -0.261 e. The molecular formula is C17H19N. The second-order valence-electron chi connectivity index (χ2n) is 5.44. The van der Waals surface area contributed by atoms with Crippen molar-refractivity contribution in [2.45, 2.75) is 39.0 Å². The van der Waals surface area contributed by atoms with Gasteiger partial charge in [-0.1, -0.05) is 29.8 Å². The van der Waals surface area contributed by atoms with E-state index in [4.69, 9.17) is 0 Å². The molecule has 1 heteroatoms. The van der Waals surface area contributed by atoms with Crippen LogP contribution in [0.4, 0.5) is 0 Å². The van der Waals surface area contributed by atoms with Crippen molar-refractivity contribution in [1.29, 1.82) is 0 Å². The lowest BCUT2D eigenvalue weighted by molar-refractivity contribution is 0.582. The summed E-state index contributed by atoms with van der Waals surface area (Å²) in [6, 6.07) is 11.2. The van der Waals surface area contributed by atoms with E-state index in [1.54, 1.807) is 0 Å². The van der Waals surface area contributed by atoms with Crippen LogP contribution in [-0.4, -0.2) is 4.98 Å². The van der Waals surface area contributed by atoms with E-state index in [-0.39, 0.29) is 0 Å². The average Bonchev–Trinajstić information content (AvgIpc) is 2.38. The van der Waals surface area contributed by atoms with Crippen LogP contribution in [0, 0.1) is 13.8 Å². The number of fused-ring (bicyclic) bond motifs is 1. The van der Waals surface area contributed by atoms with Crippen LogP contribution in [0.15, 0.2) is 36.5 Å². The molecule has 1 nitrogen and oxygen atoms in total. The summed E-state index contributed by atoms with van der Waals surface area (Å²) in [4.78, 5) is 4.43. The highest BCUT2D eigenvalue weighted by atomic mass is 14.7. The first kappa shape index (κ1) is 11.5. The van der Waals surface area contributed by atoms with Crippen LogP contribution >= 0.6 is 0 Å². The van der Waals surface area contributed by atoms with Gasteiger partial charge in [0.05, 0.1) is 0 Å². The number of aromatic nitrogens is 1. The summed E-state index contributed by atoms with van der Waals surface area (Å²) in [6.07, 6.45) is 5.68. The van der Waals surface area contributed by atoms with Gasteiger partial charge in [-0.3, -0.25) is 4.98 Å². The second-order valence-corrected chi connectivity index (χ2v) is 5.44. The molecule has 0 saturated heterocycles. The van der Waals surface area contributed by atoms with Crippen molar-refractivity contribution < 1.29 is 0 Å². The molecule has 2 aromatic rings. The van der Waals surface area contributed by atoms with E-state index in [0.29, 0.717) is 5.92 Å². The molecule has 0 spiro atoms. The van der Waals surface area contributed by atoms with Gasteiger partial charge in [-0.2, -0.15) is 0 Å². The molecule has 18 heavy (non-hydrogen) atoms. The Labute approximate surface area is 109 Å². The molecule has 1 unspecified atom stereocenters. The van der Waals surface area contributed by atoms with Crippen molar-refractivity contribution >= 4 is 0 Å². The van der Waals surface area contributed by atoms with E-state index >= 15 is 0 Å². The molecule has 0 aliphatic heterocycles. The molecule has 0 bridgehead atoms. The number of nitrogens with zero attached hydrogens (tertiary/aromatic N) is 1. The van der Waals surface area contributed by atoms with Crippen LogP contribution in [0.25, 0.3) is 0 Å². The fraction of sp³-hybridized carbons (Fsp3) is 0.353. The Bertz CT molecular complexity index is 554. The first-order valence-corrected chi connectivity index (χ1v) is 6.73. The Morgan fingerprint density at radius 3 is 2.72 bits per heavy atom. The highest BCUT2D eigenvalue weighted by molar-refractivity contribution is 5.36. The number of rotatable bonds is 1. The molecule has 92 valence electrons. The minimum atomic E-state index is 0.646. The lowest BCUT2D eigenvalue weighted by atomic mass is 9.80. The predicted molar refractivity (Wildman–Crippen MR) is 74.9 cm³/mol. The van der Waals surface area contributed by atoms with E-state index in [0.717, 1.165) is 5.69 Å². The van der Waals surface area contributed by atoms with Crippen molar-refractivity contribution in [3.8, 4) is 0 Å². The van der Waals surface area contributed by atoms with Gasteiger partial charge in [0.2, 0.25) is 0 Å². The Kier molecular flexibility index (Phi) is 2.91. The summed E-state index contributed by atoms with van der Waals surface area (Å²) in [5.41, 5.74) is 6.94. The van der Waals surface area contributed by atoms with Crippen LogP contribution in [0.5, 0.6) is 0 Å². The maximum atomic E-state index is 4.43. The van der Waals surface area contributed by atoms with Gasteiger partial charge in [0, 0.05) is 11.9 Å². The van der Waals surface area contributed by atoms with Gasteiger partial charge >= 0.3 is 0 Å². The smallest absolute Gasteiger partial charge is 0.0372 e. The summed E-state index contributed by atoms with van der Waals surface area (Å²) < 4.78 is 0. The second kappa shape index (κ2) is 4.56. The van der Waals surface area contributed by atoms with Gasteiger partial charge in [0.25, 0.3) is 0 Å². The highest BCUT2D eigenvalue weighted by Gasteiger charge is 2.20. The third-order valence-corrected chi connectivity index (χ3v) is 4.00. The molecule has 0 radical (unpaired) electrons. The van der Waals surface area contributed by atoms with Crippen LogP contribution in [0.3, 0.4) is 0 Å². The number of benzene rings is 1. The Hall–Kier alpha value is -1.63. The van der Waals surface area contributed by atoms with Gasteiger partial charge in [0.15, 0.2) is 0 Å². The molecule has 1 atom stereocenters. The summed E-state index contributed by atoms with van der Waals surface area (Å²) in [6.45, 7) is 4.22. The molecule has 0 saturated carbocycles. The molecule has 3 rings (SSSR count). The summed E-state index contributed by atoms with van der Waals surface area (Å²) in [5, 5.41) is 0. The molecule has 0 fully saturated rings. The number of aryl methyl sites for hydroxylation is 3. The first-order chi connectivity index (χ1) is 8.72. The normalized spacial score (nSPS) is 18.4. The van der Waals surface area contributed by atoms with Crippen molar-refractivity contribution in [3.63, 3.8) is 0 Å². The maximum Gasteiger partial charge on any atom is 0.0372 e. The maximum absolute atomic E-state index is 4.43. The third kappa shape index (κ3) is 2.17. The van der Waals surface area contributed by atoms with E-state index < -0.39 is 0 Å². The van der Waals surface area contributed by atoms with Crippen LogP contribution < -0.4 is 0 Å². The van der Waals surface area contributed by atoms with Gasteiger partial charge in [-0.05, 0) is 61.8 Å². The molecule has 1 heterocycles. The molecule has 0 N–H and O–H groups in total. The molecule has 1 aromatic carbocycles. The van der Waals surface area contributed by atoms with E-state index in [1.165, 1.54) is 41.5 Å². The molecule has 1 aliphatic rings. The quantitative estimate of drug-likeness (QED) is 0.731. The van der Waals surface area contributed by atoms with Gasteiger partial charge < -0.3 is 0 Å². The van der Waals surface area contributed by atoms with E-state index in [9.17, 15) is 0 Å². The molecule has 1 aliphatic carbocycles. The number of pyridine rings is 1. The highest BCUT2D eigenvalue weighted by Crippen LogP contribution is 2.32. The standard InChI is InChI=1S/C17H19N/c1-12-3-5-14-7-8-15(10-17(14)9-12)16-6-4-13(2)18-11-16/h3-6,9,11,15H,7-8,10H2,1-2H3. The predicted octanol–water partition coefficient (Wildman–Crippen LogP) is 3.97. The summed E-state index contributed by atoms with van der Waals surface area (Å²) >= 11 is 0. The Balaban J connectivity index is 1.88. The minimum absolute atomic E-state index is 0.646. The first-order valence-electron chi connectivity index (χ1n) is 6.73. The fourth-order valence-electron chi connectivity index (χ4n) is 2.89.